The van der Waals surface area contributed by atoms with Crippen LogP contribution in [-0.2, 0) is 0 Å². The molecule has 2 aliphatic rings. The van der Waals surface area contributed by atoms with Gasteiger partial charge in [-0.1, -0.05) is 32.6 Å². The lowest BCUT2D eigenvalue weighted by Crippen LogP contribution is -2.27. The van der Waals surface area contributed by atoms with E-state index in [0.717, 1.165) is 30.2 Å². The van der Waals surface area contributed by atoms with Crippen molar-refractivity contribution in [2.45, 2.75) is 58.3 Å². The zero-order valence-corrected chi connectivity index (χ0v) is 10.3. The minimum atomic E-state index is 0.903. The summed E-state index contributed by atoms with van der Waals surface area (Å²) in [5, 5.41) is 0. The summed E-state index contributed by atoms with van der Waals surface area (Å²) in [7, 11) is 0. The highest BCUT2D eigenvalue weighted by atomic mass is 14.5. The first-order valence-electron chi connectivity index (χ1n) is 6.98. The fourth-order valence-corrected chi connectivity index (χ4v) is 3.83. The predicted molar refractivity (Wildman–Crippen MR) is 65.6 cm³/mol. The molecule has 15 heavy (non-hydrogen) atoms. The second kappa shape index (κ2) is 5.34. The van der Waals surface area contributed by atoms with E-state index in [9.17, 15) is 0 Å². The molecule has 0 aromatic carbocycles. The van der Waals surface area contributed by atoms with Crippen LogP contribution < -0.4 is 5.73 Å². The lowest BCUT2D eigenvalue weighted by atomic mass is 9.68. The van der Waals surface area contributed by atoms with Crippen molar-refractivity contribution in [1.29, 1.82) is 0 Å². The van der Waals surface area contributed by atoms with E-state index in [0.29, 0.717) is 0 Å². The summed E-state index contributed by atoms with van der Waals surface area (Å²) in [5.74, 6) is 4.04. The van der Waals surface area contributed by atoms with Gasteiger partial charge < -0.3 is 5.73 Å². The van der Waals surface area contributed by atoms with Gasteiger partial charge in [-0.25, -0.2) is 0 Å². The molecular formula is C14H27N. The summed E-state index contributed by atoms with van der Waals surface area (Å²) in [4.78, 5) is 0. The molecule has 2 aliphatic carbocycles. The van der Waals surface area contributed by atoms with Crippen LogP contribution in [0, 0.1) is 23.7 Å². The predicted octanol–water partition coefficient (Wildman–Crippen LogP) is 3.58. The van der Waals surface area contributed by atoms with E-state index < -0.39 is 0 Å². The van der Waals surface area contributed by atoms with Crippen LogP contribution in [0.3, 0.4) is 0 Å². The number of rotatable bonds is 2. The van der Waals surface area contributed by atoms with E-state index in [4.69, 9.17) is 5.73 Å². The molecule has 0 aromatic rings. The van der Waals surface area contributed by atoms with Crippen molar-refractivity contribution in [3.05, 3.63) is 0 Å². The van der Waals surface area contributed by atoms with Gasteiger partial charge in [0.25, 0.3) is 0 Å². The Bertz CT molecular complexity index is 174. The van der Waals surface area contributed by atoms with Gasteiger partial charge in [0.2, 0.25) is 0 Å². The highest BCUT2D eigenvalue weighted by molar-refractivity contribution is 4.82. The molecule has 2 rings (SSSR count). The van der Waals surface area contributed by atoms with Gasteiger partial charge in [0, 0.05) is 0 Å². The first kappa shape index (κ1) is 11.4. The summed E-state index contributed by atoms with van der Waals surface area (Å²) in [5.41, 5.74) is 5.70. The Hall–Kier alpha value is -0.0400. The summed E-state index contributed by atoms with van der Waals surface area (Å²) in [6.45, 7) is 3.35. The number of hydrogen-bond donors (Lipinski definition) is 1. The second-order valence-corrected chi connectivity index (χ2v) is 6.14. The molecule has 2 bridgehead atoms. The smallest absolute Gasteiger partial charge is 0.00746 e. The Morgan fingerprint density at radius 2 is 1.53 bits per heavy atom. The van der Waals surface area contributed by atoms with Crippen LogP contribution in [0.1, 0.15) is 58.3 Å². The Balaban J connectivity index is 1.90. The van der Waals surface area contributed by atoms with Gasteiger partial charge in [0.15, 0.2) is 0 Å². The fraction of sp³-hybridized carbons (Fsp3) is 1.00. The number of hydrogen-bond acceptors (Lipinski definition) is 1. The molecular weight excluding hydrogens is 182 g/mol. The van der Waals surface area contributed by atoms with Crippen molar-refractivity contribution in [1.82, 2.24) is 0 Å². The molecule has 1 nitrogen and oxygen atoms in total. The number of fused-ring (bicyclic) bond motifs is 2. The molecule has 0 aliphatic heterocycles. The van der Waals surface area contributed by atoms with Crippen LogP contribution in [-0.4, -0.2) is 6.54 Å². The van der Waals surface area contributed by atoms with Gasteiger partial charge in [0.05, 0.1) is 0 Å². The average Bonchev–Trinajstić information content (AvgIpc) is 2.22. The van der Waals surface area contributed by atoms with Crippen LogP contribution in [0.2, 0.25) is 0 Å². The molecule has 2 atom stereocenters. The Kier molecular flexibility index (Phi) is 4.07. The lowest BCUT2D eigenvalue weighted by Gasteiger charge is -2.38. The summed E-state index contributed by atoms with van der Waals surface area (Å²) < 4.78 is 0. The third-order valence-electron chi connectivity index (χ3n) is 4.71. The highest BCUT2D eigenvalue weighted by Gasteiger charge is 2.30. The highest BCUT2D eigenvalue weighted by Crippen LogP contribution is 2.42. The molecule has 0 spiro atoms. The average molecular weight is 209 g/mol. The normalized spacial score (nSPS) is 42.0. The topological polar surface area (TPSA) is 26.0 Å². The van der Waals surface area contributed by atoms with Gasteiger partial charge >= 0.3 is 0 Å². The quantitative estimate of drug-likeness (QED) is 0.739. The van der Waals surface area contributed by atoms with Gasteiger partial charge in [0.1, 0.15) is 0 Å². The number of nitrogens with two attached hydrogens (primary N) is 1. The summed E-state index contributed by atoms with van der Waals surface area (Å²) >= 11 is 0. The Labute approximate surface area is 94.8 Å². The molecule has 2 N–H and O–H groups in total. The third kappa shape index (κ3) is 3.21. The van der Waals surface area contributed by atoms with Crippen LogP contribution in [0.25, 0.3) is 0 Å². The molecule has 88 valence electrons. The maximum atomic E-state index is 5.70. The van der Waals surface area contributed by atoms with Crippen molar-refractivity contribution in [3.63, 3.8) is 0 Å². The fourth-order valence-electron chi connectivity index (χ4n) is 3.83. The van der Waals surface area contributed by atoms with Crippen LogP contribution in [0.5, 0.6) is 0 Å². The second-order valence-electron chi connectivity index (χ2n) is 6.14. The van der Waals surface area contributed by atoms with E-state index in [2.05, 4.69) is 6.92 Å². The van der Waals surface area contributed by atoms with Gasteiger partial charge in [-0.2, -0.15) is 0 Å². The molecule has 0 amide bonds. The van der Waals surface area contributed by atoms with Crippen molar-refractivity contribution >= 4 is 0 Å². The van der Waals surface area contributed by atoms with Crippen LogP contribution in [0.4, 0.5) is 0 Å². The zero-order valence-electron chi connectivity index (χ0n) is 10.3. The lowest BCUT2D eigenvalue weighted by molar-refractivity contribution is 0.143. The van der Waals surface area contributed by atoms with E-state index in [1.165, 1.54) is 51.4 Å². The van der Waals surface area contributed by atoms with Crippen LogP contribution in [0.15, 0.2) is 0 Å². The molecule has 0 saturated heterocycles. The summed E-state index contributed by atoms with van der Waals surface area (Å²) in [6.07, 6.45) is 11.7. The SMILES string of the molecule is CC1CCC2CC(CCN)CC(CC1)C2. The van der Waals surface area contributed by atoms with Crippen molar-refractivity contribution in [2.24, 2.45) is 29.4 Å². The monoisotopic (exact) mass is 209 g/mol. The minimum Gasteiger partial charge on any atom is -0.330 e. The molecule has 2 fully saturated rings. The standard InChI is InChI=1S/C14H27N/c1-11-2-4-12-8-13(5-3-11)10-14(9-12)6-7-15/h11-14H,2-10,15H2,1H3. The van der Waals surface area contributed by atoms with E-state index >= 15 is 0 Å². The molecule has 0 radical (unpaired) electrons. The zero-order chi connectivity index (χ0) is 10.7. The minimum absolute atomic E-state index is 0.903. The molecule has 0 aromatic heterocycles. The molecule has 2 saturated carbocycles. The first-order valence-corrected chi connectivity index (χ1v) is 6.98. The Morgan fingerprint density at radius 1 is 0.933 bits per heavy atom. The van der Waals surface area contributed by atoms with Crippen LogP contribution >= 0.6 is 0 Å². The van der Waals surface area contributed by atoms with Gasteiger partial charge in [-0.05, 0) is 55.9 Å². The maximum absolute atomic E-state index is 5.70. The summed E-state index contributed by atoms with van der Waals surface area (Å²) in [6, 6.07) is 0. The van der Waals surface area contributed by atoms with Gasteiger partial charge in [-0.15, -0.1) is 0 Å². The van der Waals surface area contributed by atoms with Gasteiger partial charge in [-0.3, -0.25) is 0 Å². The molecule has 2 unspecified atom stereocenters. The Morgan fingerprint density at radius 3 is 2.07 bits per heavy atom. The molecule has 0 heterocycles. The van der Waals surface area contributed by atoms with Crippen molar-refractivity contribution < 1.29 is 0 Å². The van der Waals surface area contributed by atoms with Crippen molar-refractivity contribution in [2.75, 3.05) is 6.54 Å². The van der Waals surface area contributed by atoms with E-state index in [-0.39, 0.29) is 0 Å². The maximum Gasteiger partial charge on any atom is -0.00746 e. The largest absolute Gasteiger partial charge is 0.330 e. The van der Waals surface area contributed by atoms with E-state index in [1.807, 2.05) is 0 Å². The first-order chi connectivity index (χ1) is 7.28. The molecule has 1 heteroatoms. The van der Waals surface area contributed by atoms with Crippen molar-refractivity contribution in [3.8, 4) is 0 Å². The third-order valence-corrected chi connectivity index (χ3v) is 4.71. The van der Waals surface area contributed by atoms with E-state index in [1.54, 1.807) is 0 Å².